The third-order valence-electron chi connectivity index (χ3n) is 6.89. The lowest BCUT2D eigenvalue weighted by Gasteiger charge is -2.31. The number of fused-ring (bicyclic) bond motifs is 3. The molecule has 1 N–H and O–H groups in total. The van der Waals surface area contributed by atoms with Crippen LogP contribution in [-0.4, -0.2) is 33.1 Å². The molecule has 1 amide bonds. The van der Waals surface area contributed by atoms with Crippen molar-refractivity contribution in [3.63, 3.8) is 0 Å². The summed E-state index contributed by atoms with van der Waals surface area (Å²) in [5, 5.41) is 7.36. The zero-order chi connectivity index (χ0) is 19.8. The molecule has 1 aliphatic carbocycles. The number of aryl methyl sites for hydroxylation is 1. The van der Waals surface area contributed by atoms with Gasteiger partial charge in [0.05, 0.1) is 11.7 Å². The summed E-state index contributed by atoms with van der Waals surface area (Å²) in [6.45, 7) is 2.89. The van der Waals surface area contributed by atoms with Crippen LogP contribution in [0.15, 0.2) is 36.7 Å². The lowest BCUT2D eigenvalue weighted by molar-refractivity contribution is 0.0940. The van der Waals surface area contributed by atoms with Gasteiger partial charge in [-0.25, -0.2) is 13.9 Å². The highest BCUT2D eigenvalue weighted by atomic mass is 19.1. The lowest BCUT2D eigenvalue weighted by Crippen LogP contribution is -2.34. The molecule has 6 rings (SSSR count). The number of hydrogen-bond acceptors (Lipinski definition) is 4. The summed E-state index contributed by atoms with van der Waals surface area (Å²) in [6.07, 6.45) is 7.13. The topological polar surface area (TPSA) is 62.5 Å². The van der Waals surface area contributed by atoms with E-state index in [0.717, 1.165) is 43.6 Å². The van der Waals surface area contributed by atoms with Crippen molar-refractivity contribution in [2.75, 3.05) is 11.4 Å². The van der Waals surface area contributed by atoms with Gasteiger partial charge in [-0.3, -0.25) is 4.79 Å². The van der Waals surface area contributed by atoms with E-state index in [1.54, 1.807) is 22.8 Å². The van der Waals surface area contributed by atoms with Gasteiger partial charge in [0, 0.05) is 18.8 Å². The van der Waals surface area contributed by atoms with Gasteiger partial charge < -0.3 is 10.2 Å². The van der Waals surface area contributed by atoms with E-state index in [2.05, 4.69) is 15.3 Å². The highest BCUT2D eigenvalue weighted by Gasteiger charge is 2.64. The molecule has 7 heteroatoms. The van der Waals surface area contributed by atoms with Crippen LogP contribution in [0.1, 0.15) is 47.7 Å². The molecule has 3 aromatic rings. The molecule has 0 unspecified atom stereocenters. The molecule has 4 heterocycles. The van der Waals surface area contributed by atoms with Gasteiger partial charge in [0.15, 0.2) is 5.65 Å². The predicted molar refractivity (Wildman–Crippen MR) is 106 cm³/mol. The first-order valence-electron chi connectivity index (χ1n) is 10.3. The quantitative estimate of drug-likeness (QED) is 0.640. The number of carbonyl (C=O) groups excluding carboxylic acids is 1. The van der Waals surface area contributed by atoms with Crippen LogP contribution in [0.25, 0.3) is 5.65 Å². The number of nitrogens with one attached hydrogen (secondary N) is 1. The van der Waals surface area contributed by atoms with Gasteiger partial charge in [0.25, 0.3) is 5.91 Å². The van der Waals surface area contributed by atoms with Crippen molar-refractivity contribution < 1.29 is 9.18 Å². The SMILES string of the molecule is C[C@@H]1CCc2ccc(F)cc2[C@@]23C[C@@H]2CCN3c2ccn3ncc(c3n2)C(=O)N1. The number of carbonyl (C=O) groups is 1. The molecule has 3 atom stereocenters. The minimum atomic E-state index is -0.192. The fourth-order valence-electron chi connectivity index (χ4n) is 5.35. The fraction of sp³-hybridized carbons (Fsp3) is 0.409. The van der Waals surface area contributed by atoms with Crippen LogP contribution >= 0.6 is 0 Å². The summed E-state index contributed by atoms with van der Waals surface area (Å²) in [4.78, 5) is 20.0. The summed E-state index contributed by atoms with van der Waals surface area (Å²) in [5.74, 6) is 1.00. The molecule has 29 heavy (non-hydrogen) atoms. The maximum atomic E-state index is 14.3. The second-order valence-electron chi connectivity index (χ2n) is 8.59. The minimum absolute atomic E-state index is 0.00790. The number of benzene rings is 1. The molecular weight excluding hydrogens is 369 g/mol. The minimum Gasteiger partial charge on any atom is -0.349 e. The molecule has 148 valence electrons. The standard InChI is InChI=1S/C22H22FN5O/c1-13-2-3-14-4-5-16(23)10-18(14)22-11-15(22)6-8-27(22)19-7-9-28-20(26-19)17(12-24-28)21(29)25-13/h4-5,7,9-10,12-13,15H,2-3,6,8,11H2,1H3,(H,25,29)/t13-,15+,22-/m1/s1. The van der Waals surface area contributed by atoms with Crippen molar-refractivity contribution in [3.05, 3.63) is 59.2 Å². The van der Waals surface area contributed by atoms with Crippen molar-refractivity contribution in [3.8, 4) is 0 Å². The summed E-state index contributed by atoms with van der Waals surface area (Å²) in [7, 11) is 0. The normalized spacial score (nSPS) is 28.1. The van der Waals surface area contributed by atoms with Crippen LogP contribution in [0, 0.1) is 11.7 Å². The van der Waals surface area contributed by atoms with Gasteiger partial charge in [0.2, 0.25) is 0 Å². The molecular formula is C22H22FN5O. The highest BCUT2D eigenvalue weighted by molar-refractivity contribution is 5.99. The lowest BCUT2D eigenvalue weighted by atomic mass is 9.92. The number of piperidine rings is 1. The number of anilines is 1. The summed E-state index contributed by atoms with van der Waals surface area (Å²) >= 11 is 0. The Morgan fingerprint density at radius 2 is 2.17 bits per heavy atom. The zero-order valence-corrected chi connectivity index (χ0v) is 16.2. The molecule has 3 aliphatic rings. The Hall–Kier alpha value is -2.96. The van der Waals surface area contributed by atoms with Crippen molar-refractivity contribution in [1.29, 1.82) is 0 Å². The van der Waals surface area contributed by atoms with Gasteiger partial charge in [-0.1, -0.05) is 6.07 Å². The molecule has 2 aromatic heterocycles. The zero-order valence-electron chi connectivity index (χ0n) is 16.2. The van der Waals surface area contributed by atoms with Crippen molar-refractivity contribution >= 4 is 17.4 Å². The van der Waals surface area contributed by atoms with Crippen molar-refractivity contribution in [2.24, 2.45) is 5.92 Å². The largest absolute Gasteiger partial charge is 0.349 e. The van der Waals surface area contributed by atoms with E-state index >= 15 is 0 Å². The number of aromatic nitrogens is 3. The molecule has 1 spiro atoms. The van der Waals surface area contributed by atoms with Gasteiger partial charge in [-0.15, -0.1) is 0 Å². The first kappa shape index (κ1) is 16.9. The van der Waals surface area contributed by atoms with Crippen LogP contribution < -0.4 is 10.2 Å². The van der Waals surface area contributed by atoms with Gasteiger partial charge in [-0.05, 0) is 67.9 Å². The maximum Gasteiger partial charge on any atom is 0.256 e. The monoisotopic (exact) mass is 391 g/mol. The van der Waals surface area contributed by atoms with E-state index in [4.69, 9.17) is 4.98 Å². The van der Waals surface area contributed by atoms with Crippen LogP contribution in [0.5, 0.6) is 0 Å². The van der Waals surface area contributed by atoms with E-state index in [9.17, 15) is 9.18 Å². The van der Waals surface area contributed by atoms with E-state index in [1.165, 1.54) is 5.56 Å². The Labute approximate surface area is 167 Å². The maximum absolute atomic E-state index is 14.3. The fourth-order valence-corrected chi connectivity index (χ4v) is 5.35. The highest BCUT2D eigenvalue weighted by Crippen LogP contribution is 2.64. The molecule has 1 saturated carbocycles. The Balaban J connectivity index is 1.57. The Morgan fingerprint density at radius 1 is 1.28 bits per heavy atom. The smallest absolute Gasteiger partial charge is 0.256 e. The van der Waals surface area contributed by atoms with E-state index < -0.39 is 0 Å². The molecule has 2 aliphatic heterocycles. The Kier molecular flexibility index (Phi) is 3.38. The second kappa shape index (κ2) is 5.78. The molecule has 2 bridgehead atoms. The molecule has 2 fully saturated rings. The average Bonchev–Trinajstić information content (AvgIpc) is 3.09. The first-order chi connectivity index (χ1) is 14.1. The van der Waals surface area contributed by atoms with Gasteiger partial charge in [-0.2, -0.15) is 5.10 Å². The summed E-state index contributed by atoms with van der Waals surface area (Å²) in [5.41, 5.74) is 3.13. The van der Waals surface area contributed by atoms with Crippen LogP contribution in [0.4, 0.5) is 10.2 Å². The van der Waals surface area contributed by atoms with Crippen LogP contribution in [0.3, 0.4) is 0 Å². The third kappa shape index (κ3) is 2.36. The second-order valence-corrected chi connectivity index (χ2v) is 8.59. The van der Waals surface area contributed by atoms with Gasteiger partial charge in [0.1, 0.15) is 17.2 Å². The molecule has 0 radical (unpaired) electrons. The third-order valence-corrected chi connectivity index (χ3v) is 6.89. The average molecular weight is 391 g/mol. The number of halogens is 1. The molecule has 1 aromatic carbocycles. The molecule has 1 saturated heterocycles. The number of hydrogen-bond donors (Lipinski definition) is 1. The van der Waals surface area contributed by atoms with E-state index in [1.807, 2.05) is 25.3 Å². The van der Waals surface area contributed by atoms with Crippen LogP contribution in [0.2, 0.25) is 0 Å². The van der Waals surface area contributed by atoms with E-state index in [0.29, 0.717) is 17.1 Å². The number of amides is 1. The Bertz CT molecular complexity index is 1160. The van der Waals surface area contributed by atoms with Crippen molar-refractivity contribution in [2.45, 2.75) is 44.2 Å². The van der Waals surface area contributed by atoms with E-state index in [-0.39, 0.29) is 23.3 Å². The summed E-state index contributed by atoms with van der Waals surface area (Å²) in [6, 6.07) is 7.14. The predicted octanol–water partition coefficient (Wildman–Crippen LogP) is 3.06. The number of nitrogens with zero attached hydrogens (tertiary/aromatic N) is 4. The first-order valence-corrected chi connectivity index (χ1v) is 10.3. The van der Waals surface area contributed by atoms with Gasteiger partial charge >= 0.3 is 0 Å². The molecule has 6 nitrogen and oxygen atoms in total. The number of rotatable bonds is 0. The Morgan fingerprint density at radius 3 is 3.03 bits per heavy atom. The van der Waals surface area contributed by atoms with Crippen molar-refractivity contribution in [1.82, 2.24) is 19.9 Å². The van der Waals surface area contributed by atoms with Crippen LogP contribution in [-0.2, 0) is 12.0 Å². The summed E-state index contributed by atoms with van der Waals surface area (Å²) < 4.78 is 15.9.